The monoisotopic (exact) mass is 666 g/mol. The molecule has 4 aromatic rings. The molecule has 1 aliphatic rings. The third-order valence-corrected chi connectivity index (χ3v) is 19.5. The number of rotatable bonds is 9. The number of carbonyl (C=O) groups is 1. The van der Waals surface area contributed by atoms with Crippen LogP contribution < -0.4 is 20.7 Å². The molecule has 1 aliphatic heterocycles. The lowest BCUT2D eigenvalue weighted by Gasteiger charge is -2.52. The second-order valence-electron chi connectivity index (χ2n) is 14.7. The van der Waals surface area contributed by atoms with Crippen LogP contribution in [0.4, 0.5) is 0 Å². The second-order valence-corrected chi connectivity index (χ2v) is 23.2. The summed E-state index contributed by atoms with van der Waals surface area (Å²) in [5.41, 5.74) is 0. The van der Waals surface area contributed by atoms with Crippen LogP contribution in [0.25, 0.3) is 0 Å². The van der Waals surface area contributed by atoms with Gasteiger partial charge < -0.3 is 18.3 Å². The predicted molar refractivity (Wildman–Crippen MR) is 196 cm³/mol. The maximum absolute atomic E-state index is 12.3. The van der Waals surface area contributed by atoms with Crippen molar-refractivity contribution in [3.05, 3.63) is 121 Å². The molecule has 0 saturated carbocycles. The van der Waals surface area contributed by atoms with E-state index in [1.165, 1.54) is 27.7 Å². The molecule has 1 fully saturated rings. The number of benzene rings is 4. The lowest BCUT2D eigenvalue weighted by atomic mass is 10.0. The highest BCUT2D eigenvalue weighted by Gasteiger charge is 2.57. The molecule has 47 heavy (non-hydrogen) atoms. The summed E-state index contributed by atoms with van der Waals surface area (Å²) in [5.74, 6) is -0.377. The van der Waals surface area contributed by atoms with Crippen LogP contribution in [0.2, 0.25) is 10.1 Å². The maximum Gasteiger partial charge on any atom is 0.304 e. The predicted octanol–water partition coefficient (Wildman–Crippen LogP) is 6.57. The molecule has 7 heteroatoms. The quantitative estimate of drug-likeness (QED) is 0.149. The highest BCUT2D eigenvalue weighted by Crippen LogP contribution is 2.43. The minimum absolute atomic E-state index is 0.246. The van der Waals surface area contributed by atoms with E-state index in [1.54, 1.807) is 0 Å². The Labute approximate surface area is 283 Å². The highest BCUT2D eigenvalue weighted by molar-refractivity contribution is 7.00. The Balaban J connectivity index is 1.73. The third kappa shape index (κ3) is 6.96. The molecule has 0 aliphatic carbocycles. The summed E-state index contributed by atoms with van der Waals surface area (Å²) < 4.78 is 27.8. The molecule has 248 valence electrons. The molecule has 1 saturated heterocycles. The van der Waals surface area contributed by atoms with Gasteiger partial charge in [-0.05, 0) is 37.7 Å². The van der Waals surface area contributed by atoms with Gasteiger partial charge in [-0.15, -0.1) is 0 Å². The summed E-state index contributed by atoms with van der Waals surface area (Å²) in [6.45, 7) is 17.2. The number of hydrogen-bond donors (Lipinski definition) is 0. The standard InChI is InChI=1S/C40H50O5Si2/c1-30-38(45-47(40(6,7)8,34-25-17-11-18-26-34)35-27-19-12-20-28-35)36(29-37(42-30)43-31(2)41)44-46(39(3,4)5,32-21-13-9-14-22-32)33-23-15-10-16-24-33/h9-28,30,36-38H,29H2,1-8H3/t30-,36-,37+,38-/m1/s1. The Hall–Kier alpha value is -3.34. The molecular formula is C40H50O5Si2. The van der Waals surface area contributed by atoms with Crippen LogP contribution in [0, 0.1) is 0 Å². The van der Waals surface area contributed by atoms with Gasteiger partial charge in [0.05, 0.1) is 18.3 Å². The first-order valence-electron chi connectivity index (χ1n) is 16.7. The molecule has 4 atom stereocenters. The lowest BCUT2D eigenvalue weighted by Crippen LogP contribution is -2.73. The largest absolute Gasteiger partial charge is 0.436 e. The van der Waals surface area contributed by atoms with E-state index in [0.29, 0.717) is 6.42 Å². The van der Waals surface area contributed by atoms with Crippen LogP contribution in [-0.4, -0.2) is 47.2 Å². The Morgan fingerprint density at radius 3 is 1.28 bits per heavy atom. The Kier molecular flexibility index (Phi) is 10.4. The van der Waals surface area contributed by atoms with E-state index in [-0.39, 0.29) is 16.0 Å². The molecule has 4 aromatic carbocycles. The van der Waals surface area contributed by atoms with E-state index in [4.69, 9.17) is 18.3 Å². The fraction of sp³-hybridized carbons (Fsp3) is 0.375. The van der Waals surface area contributed by atoms with Crippen molar-refractivity contribution in [3.8, 4) is 0 Å². The zero-order valence-electron chi connectivity index (χ0n) is 29.1. The first-order valence-corrected chi connectivity index (χ1v) is 20.5. The molecule has 0 aromatic heterocycles. The Morgan fingerprint density at radius 1 is 0.617 bits per heavy atom. The first-order chi connectivity index (χ1) is 22.3. The van der Waals surface area contributed by atoms with Crippen molar-refractivity contribution in [2.75, 3.05) is 0 Å². The summed E-state index contributed by atoms with van der Waals surface area (Å²) in [6.07, 6.45) is -1.69. The smallest absolute Gasteiger partial charge is 0.304 e. The van der Waals surface area contributed by atoms with Gasteiger partial charge in [-0.1, -0.05) is 163 Å². The SMILES string of the molecule is CC(=O)O[C@H]1C[C@@H](O[Si](c2ccccc2)(c2ccccc2)C(C)(C)C)[C@H](O[Si](c2ccccc2)(c2ccccc2)C(C)(C)C)[C@@H](C)O1. The zero-order chi connectivity index (χ0) is 33.9. The van der Waals surface area contributed by atoms with Crippen LogP contribution in [-0.2, 0) is 23.1 Å². The van der Waals surface area contributed by atoms with Crippen molar-refractivity contribution < 1.29 is 23.1 Å². The van der Waals surface area contributed by atoms with Crippen molar-refractivity contribution in [3.63, 3.8) is 0 Å². The highest BCUT2D eigenvalue weighted by atomic mass is 28.4. The van der Waals surface area contributed by atoms with Gasteiger partial charge in [-0.3, -0.25) is 4.79 Å². The summed E-state index contributed by atoms with van der Waals surface area (Å²) in [5, 5.41) is 4.26. The van der Waals surface area contributed by atoms with E-state index in [9.17, 15) is 4.79 Å². The van der Waals surface area contributed by atoms with E-state index >= 15 is 0 Å². The molecule has 0 amide bonds. The topological polar surface area (TPSA) is 54.0 Å². The van der Waals surface area contributed by atoms with Gasteiger partial charge in [0.15, 0.2) is 0 Å². The van der Waals surface area contributed by atoms with Gasteiger partial charge >= 0.3 is 5.97 Å². The average Bonchev–Trinajstić information content (AvgIpc) is 3.03. The number of ether oxygens (including phenoxy) is 2. The molecule has 0 spiro atoms. The van der Waals surface area contributed by atoms with Gasteiger partial charge in [-0.25, -0.2) is 0 Å². The van der Waals surface area contributed by atoms with Gasteiger partial charge in [0.25, 0.3) is 16.6 Å². The van der Waals surface area contributed by atoms with Crippen molar-refractivity contribution in [1.29, 1.82) is 0 Å². The van der Waals surface area contributed by atoms with Crippen molar-refractivity contribution >= 4 is 43.4 Å². The fourth-order valence-electron chi connectivity index (χ4n) is 7.36. The molecule has 0 unspecified atom stereocenters. The maximum atomic E-state index is 12.3. The first kappa shape index (κ1) is 35.0. The van der Waals surface area contributed by atoms with Crippen LogP contribution >= 0.6 is 0 Å². The molecule has 5 rings (SSSR count). The summed E-state index contributed by atoms with van der Waals surface area (Å²) in [4.78, 5) is 12.3. The molecule has 1 heterocycles. The molecule has 5 nitrogen and oxygen atoms in total. The normalized spacial score (nSPS) is 20.9. The minimum Gasteiger partial charge on any atom is -0.436 e. The second kappa shape index (κ2) is 14.0. The number of hydrogen-bond acceptors (Lipinski definition) is 5. The van der Waals surface area contributed by atoms with Crippen LogP contribution in [0.3, 0.4) is 0 Å². The van der Waals surface area contributed by atoms with E-state index in [1.807, 2.05) is 6.92 Å². The van der Waals surface area contributed by atoms with E-state index in [0.717, 1.165) is 0 Å². The van der Waals surface area contributed by atoms with Crippen molar-refractivity contribution in [2.45, 2.75) is 96.5 Å². The van der Waals surface area contributed by atoms with Gasteiger partial charge in [-0.2, -0.15) is 0 Å². The minimum atomic E-state index is -3.02. The molecular weight excluding hydrogens is 617 g/mol. The summed E-state index contributed by atoms with van der Waals surface area (Å²) in [6, 6.07) is 42.7. The van der Waals surface area contributed by atoms with E-state index in [2.05, 4.69) is 163 Å². The van der Waals surface area contributed by atoms with Gasteiger partial charge in [0.1, 0.15) is 0 Å². The summed E-state index contributed by atoms with van der Waals surface area (Å²) in [7, 11) is -6.02. The number of carbonyl (C=O) groups excluding carboxylic acids is 1. The average molecular weight is 667 g/mol. The summed E-state index contributed by atoms with van der Waals surface area (Å²) >= 11 is 0. The van der Waals surface area contributed by atoms with Crippen molar-refractivity contribution in [2.24, 2.45) is 0 Å². The third-order valence-electron chi connectivity index (χ3n) is 9.39. The fourth-order valence-corrected chi connectivity index (χ4v) is 16.8. The van der Waals surface area contributed by atoms with Crippen LogP contribution in [0.1, 0.15) is 61.8 Å². The van der Waals surface area contributed by atoms with Gasteiger partial charge in [0, 0.05) is 13.3 Å². The van der Waals surface area contributed by atoms with Gasteiger partial charge in [0.2, 0.25) is 6.29 Å². The zero-order valence-corrected chi connectivity index (χ0v) is 31.1. The molecule has 0 radical (unpaired) electrons. The Morgan fingerprint density at radius 2 is 0.957 bits per heavy atom. The van der Waals surface area contributed by atoms with E-state index < -0.39 is 41.2 Å². The Bertz CT molecular complexity index is 1510. The molecule has 0 bridgehead atoms. The lowest BCUT2D eigenvalue weighted by molar-refractivity contribution is -0.234. The van der Waals surface area contributed by atoms with Crippen LogP contribution in [0.15, 0.2) is 121 Å². The van der Waals surface area contributed by atoms with Crippen LogP contribution in [0.5, 0.6) is 0 Å². The number of esters is 1. The van der Waals surface area contributed by atoms with Crippen molar-refractivity contribution in [1.82, 2.24) is 0 Å². The molecule has 0 N–H and O–H groups in total.